The van der Waals surface area contributed by atoms with Gasteiger partial charge in [0.05, 0.1) is 5.02 Å². The summed E-state index contributed by atoms with van der Waals surface area (Å²) in [6, 6.07) is 3.16. The second-order valence-electron chi connectivity index (χ2n) is 2.88. The highest BCUT2D eigenvalue weighted by Gasteiger charge is 2.17. The molecule has 0 unspecified atom stereocenters. The lowest BCUT2D eigenvalue weighted by Gasteiger charge is -2.12. The maximum Gasteiger partial charge on any atom is 0.240 e. The Bertz CT molecular complexity index is 317. The van der Waals surface area contributed by atoms with Crippen LogP contribution in [0, 0.1) is 5.82 Å². The molecule has 1 aromatic carbocycles. The summed E-state index contributed by atoms with van der Waals surface area (Å²) in [6.07, 6.45) is -3.12. The second kappa shape index (κ2) is 4.66. The monoisotopic (exact) mass is 223 g/mol. The second-order valence-corrected chi connectivity index (χ2v) is 3.28. The third-order valence-electron chi connectivity index (χ3n) is 1.81. The molecule has 14 heavy (non-hydrogen) atoms. The van der Waals surface area contributed by atoms with E-state index in [9.17, 15) is 13.2 Å². The van der Waals surface area contributed by atoms with E-state index in [4.69, 9.17) is 17.3 Å². The zero-order chi connectivity index (χ0) is 10.7. The van der Waals surface area contributed by atoms with E-state index in [-0.39, 0.29) is 10.6 Å². The van der Waals surface area contributed by atoms with Crippen LogP contribution in [-0.2, 0) is 0 Å². The molecule has 1 atom stereocenters. The number of benzene rings is 1. The Kier molecular flexibility index (Phi) is 3.77. The van der Waals surface area contributed by atoms with Crippen molar-refractivity contribution in [3.63, 3.8) is 0 Å². The van der Waals surface area contributed by atoms with Crippen LogP contribution in [-0.4, -0.2) is 6.43 Å². The van der Waals surface area contributed by atoms with Crippen LogP contribution in [0.3, 0.4) is 0 Å². The van der Waals surface area contributed by atoms with Gasteiger partial charge in [0.15, 0.2) is 0 Å². The maximum atomic E-state index is 13.2. The molecule has 0 aromatic heterocycles. The third kappa shape index (κ3) is 2.62. The minimum Gasteiger partial charge on any atom is -0.324 e. The van der Waals surface area contributed by atoms with Gasteiger partial charge in [-0.15, -0.1) is 0 Å². The third-order valence-corrected chi connectivity index (χ3v) is 2.10. The predicted octanol–water partition coefficient (Wildman–Crippen LogP) is 3.13. The molecular weight excluding hydrogens is 215 g/mol. The minimum absolute atomic E-state index is 0.0257. The van der Waals surface area contributed by atoms with Crippen molar-refractivity contribution >= 4 is 11.6 Å². The van der Waals surface area contributed by atoms with Crippen molar-refractivity contribution in [3.05, 3.63) is 34.6 Å². The molecular formula is C9H9ClF3N. The quantitative estimate of drug-likeness (QED) is 0.837. The molecule has 0 bridgehead atoms. The molecule has 0 aliphatic heterocycles. The van der Waals surface area contributed by atoms with Crippen LogP contribution in [0.4, 0.5) is 13.2 Å². The van der Waals surface area contributed by atoms with Crippen LogP contribution in [0.15, 0.2) is 18.2 Å². The Morgan fingerprint density at radius 3 is 2.57 bits per heavy atom. The van der Waals surface area contributed by atoms with Crippen LogP contribution >= 0.6 is 11.6 Å². The summed E-state index contributed by atoms with van der Waals surface area (Å²) in [6.45, 7) is 0. The number of rotatable bonds is 3. The van der Waals surface area contributed by atoms with Gasteiger partial charge in [-0.25, -0.2) is 13.2 Å². The van der Waals surface area contributed by atoms with E-state index in [1.54, 1.807) is 0 Å². The number of alkyl halides is 2. The van der Waals surface area contributed by atoms with Crippen LogP contribution < -0.4 is 5.73 Å². The molecule has 78 valence electrons. The van der Waals surface area contributed by atoms with E-state index in [0.717, 1.165) is 0 Å². The zero-order valence-electron chi connectivity index (χ0n) is 7.18. The molecule has 1 nitrogen and oxygen atoms in total. The molecule has 0 aliphatic rings. The first-order chi connectivity index (χ1) is 6.52. The van der Waals surface area contributed by atoms with Crippen molar-refractivity contribution < 1.29 is 13.2 Å². The average molecular weight is 224 g/mol. The summed E-state index contributed by atoms with van der Waals surface area (Å²) in [5.41, 5.74) is 5.41. The number of hydrogen-bond donors (Lipinski definition) is 1. The Labute approximate surface area is 84.7 Å². The normalized spacial score (nSPS) is 13.3. The van der Waals surface area contributed by atoms with Crippen molar-refractivity contribution in [2.24, 2.45) is 5.73 Å². The number of halogens is 4. The first-order valence-electron chi connectivity index (χ1n) is 4.00. The van der Waals surface area contributed by atoms with E-state index in [1.807, 2.05) is 0 Å². The van der Waals surface area contributed by atoms with Gasteiger partial charge < -0.3 is 5.73 Å². The molecule has 1 rings (SSSR count). The molecule has 0 heterocycles. The molecule has 2 N–H and O–H groups in total. The van der Waals surface area contributed by atoms with Crippen LogP contribution in [0.25, 0.3) is 0 Å². The van der Waals surface area contributed by atoms with Crippen LogP contribution in [0.2, 0.25) is 5.02 Å². The van der Waals surface area contributed by atoms with Gasteiger partial charge in [0.25, 0.3) is 0 Å². The van der Waals surface area contributed by atoms with Gasteiger partial charge >= 0.3 is 0 Å². The van der Waals surface area contributed by atoms with Crippen molar-refractivity contribution in [2.75, 3.05) is 0 Å². The fourth-order valence-electron chi connectivity index (χ4n) is 1.13. The summed E-state index contributed by atoms with van der Waals surface area (Å²) in [4.78, 5) is 0. The first-order valence-corrected chi connectivity index (χ1v) is 4.37. The molecule has 0 fully saturated rings. The van der Waals surface area contributed by atoms with Gasteiger partial charge in [0.2, 0.25) is 6.43 Å². The van der Waals surface area contributed by atoms with Gasteiger partial charge in [0.1, 0.15) is 5.82 Å². The SMILES string of the molecule is N[C@H](CC(F)F)c1cccc(Cl)c1F. The molecule has 5 heteroatoms. The fourth-order valence-corrected chi connectivity index (χ4v) is 1.31. The highest BCUT2D eigenvalue weighted by molar-refractivity contribution is 6.30. The molecule has 0 saturated carbocycles. The Balaban J connectivity index is 2.89. The number of hydrogen-bond acceptors (Lipinski definition) is 1. The van der Waals surface area contributed by atoms with Gasteiger partial charge in [-0.3, -0.25) is 0 Å². The highest BCUT2D eigenvalue weighted by Crippen LogP contribution is 2.25. The molecule has 0 aliphatic carbocycles. The van der Waals surface area contributed by atoms with E-state index in [2.05, 4.69) is 0 Å². The molecule has 0 saturated heterocycles. The van der Waals surface area contributed by atoms with Crippen LogP contribution in [0.1, 0.15) is 18.0 Å². The maximum absolute atomic E-state index is 13.2. The van der Waals surface area contributed by atoms with Gasteiger partial charge in [-0.1, -0.05) is 23.7 Å². The molecule has 1 aromatic rings. The van der Waals surface area contributed by atoms with Crippen molar-refractivity contribution in [1.29, 1.82) is 0 Å². The number of nitrogens with two attached hydrogens (primary N) is 1. The lowest BCUT2D eigenvalue weighted by molar-refractivity contribution is 0.128. The first kappa shape index (κ1) is 11.3. The van der Waals surface area contributed by atoms with Gasteiger partial charge in [-0.05, 0) is 6.07 Å². The lowest BCUT2D eigenvalue weighted by Crippen LogP contribution is -2.15. The Hall–Kier alpha value is -0.740. The average Bonchev–Trinajstić information content (AvgIpc) is 2.08. The van der Waals surface area contributed by atoms with E-state index >= 15 is 0 Å². The summed E-state index contributed by atoms with van der Waals surface area (Å²) in [7, 11) is 0. The van der Waals surface area contributed by atoms with E-state index in [1.165, 1.54) is 18.2 Å². The van der Waals surface area contributed by atoms with Gasteiger partial charge in [-0.2, -0.15) is 0 Å². The summed E-state index contributed by atoms with van der Waals surface area (Å²) in [5.74, 6) is -0.720. The predicted molar refractivity (Wildman–Crippen MR) is 49.0 cm³/mol. The minimum atomic E-state index is -2.55. The van der Waals surface area contributed by atoms with Crippen molar-refractivity contribution in [3.8, 4) is 0 Å². The molecule has 0 spiro atoms. The molecule has 0 amide bonds. The highest BCUT2D eigenvalue weighted by atomic mass is 35.5. The topological polar surface area (TPSA) is 26.0 Å². The lowest BCUT2D eigenvalue weighted by atomic mass is 10.0. The van der Waals surface area contributed by atoms with E-state index in [0.29, 0.717) is 0 Å². The van der Waals surface area contributed by atoms with Crippen molar-refractivity contribution in [1.82, 2.24) is 0 Å². The van der Waals surface area contributed by atoms with Crippen LogP contribution in [0.5, 0.6) is 0 Å². The fraction of sp³-hybridized carbons (Fsp3) is 0.333. The standard InChI is InChI=1S/C9H9ClF3N/c10-6-3-1-2-5(9(6)13)7(14)4-8(11)12/h1-3,7-8H,4,14H2/t7-/m1/s1. The van der Waals surface area contributed by atoms with E-state index < -0.39 is 24.7 Å². The smallest absolute Gasteiger partial charge is 0.240 e. The summed E-state index contributed by atoms with van der Waals surface area (Å²) < 4.78 is 37.2. The van der Waals surface area contributed by atoms with Gasteiger partial charge in [0, 0.05) is 18.0 Å². The Morgan fingerprint density at radius 2 is 2.00 bits per heavy atom. The summed E-state index contributed by atoms with van der Waals surface area (Å²) in [5, 5.41) is -0.104. The summed E-state index contributed by atoms with van der Waals surface area (Å²) >= 11 is 5.48. The largest absolute Gasteiger partial charge is 0.324 e. The van der Waals surface area contributed by atoms with Crippen molar-refractivity contribution in [2.45, 2.75) is 18.9 Å². The zero-order valence-corrected chi connectivity index (χ0v) is 7.94. The Morgan fingerprint density at radius 1 is 1.36 bits per heavy atom. The molecule has 0 radical (unpaired) electrons.